The van der Waals surface area contributed by atoms with Crippen LogP contribution in [0.5, 0.6) is 5.75 Å². The third-order valence-corrected chi connectivity index (χ3v) is 5.98. The number of ether oxygens (including phenoxy) is 2. The molecule has 144 valence electrons. The molecule has 6 heteroatoms. The monoisotopic (exact) mass is 396 g/mol. The smallest absolute Gasteiger partial charge is 0.423 e. The Morgan fingerprint density at radius 3 is 1.82 bits per heavy atom. The van der Waals surface area contributed by atoms with E-state index in [1.165, 1.54) is 36.4 Å². The first-order chi connectivity index (χ1) is 13.3. The van der Waals surface area contributed by atoms with Gasteiger partial charge in [-0.15, -0.1) is 0 Å². The minimum Gasteiger partial charge on any atom is -0.423 e. The van der Waals surface area contributed by atoms with Crippen LogP contribution in [0.2, 0.25) is 0 Å². The van der Waals surface area contributed by atoms with Crippen LogP contribution in [0.15, 0.2) is 94.7 Å². The predicted octanol–water partition coefficient (Wildman–Crippen LogP) is 4.97. The number of carbonyl (C=O) groups is 1. The van der Waals surface area contributed by atoms with E-state index in [1.807, 2.05) is 30.3 Å². The van der Waals surface area contributed by atoms with Crippen molar-refractivity contribution < 1.29 is 22.7 Å². The Labute approximate surface area is 164 Å². The number of hydrogen-bond acceptors (Lipinski definition) is 5. The van der Waals surface area contributed by atoms with Crippen LogP contribution in [0.4, 0.5) is 4.79 Å². The number of rotatable bonds is 5. The average Bonchev–Trinajstić information content (AvgIpc) is 2.69. The lowest BCUT2D eigenvalue weighted by Crippen LogP contribution is -2.27. The molecule has 0 aliphatic heterocycles. The third kappa shape index (κ3) is 4.40. The van der Waals surface area contributed by atoms with Gasteiger partial charge in [-0.25, -0.2) is 13.2 Å². The molecule has 0 aliphatic carbocycles. The van der Waals surface area contributed by atoms with Crippen molar-refractivity contribution in [3.8, 4) is 5.75 Å². The second-order valence-corrected chi connectivity index (χ2v) is 8.57. The molecule has 0 saturated carbocycles. The van der Waals surface area contributed by atoms with Crippen LogP contribution in [0.25, 0.3) is 0 Å². The van der Waals surface area contributed by atoms with Gasteiger partial charge in [0.1, 0.15) is 11.4 Å². The summed E-state index contributed by atoms with van der Waals surface area (Å²) >= 11 is 0. The van der Waals surface area contributed by atoms with E-state index < -0.39 is 21.6 Å². The van der Waals surface area contributed by atoms with Crippen molar-refractivity contribution in [2.24, 2.45) is 0 Å². The summed E-state index contributed by atoms with van der Waals surface area (Å²) in [4.78, 5) is 12.5. The Bertz CT molecular complexity index is 1040. The second-order valence-electron chi connectivity index (χ2n) is 6.62. The number of sulfone groups is 1. The van der Waals surface area contributed by atoms with Gasteiger partial charge in [0.15, 0.2) is 0 Å². The Morgan fingerprint density at radius 2 is 1.25 bits per heavy atom. The van der Waals surface area contributed by atoms with Crippen molar-refractivity contribution in [2.75, 3.05) is 0 Å². The summed E-state index contributed by atoms with van der Waals surface area (Å²) in [5, 5.41) is 0. The summed E-state index contributed by atoms with van der Waals surface area (Å²) in [5.41, 5.74) is -0.0363. The minimum atomic E-state index is -3.62. The van der Waals surface area contributed by atoms with Gasteiger partial charge >= 0.3 is 6.16 Å². The van der Waals surface area contributed by atoms with Crippen molar-refractivity contribution in [3.63, 3.8) is 0 Å². The topological polar surface area (TPSA) is 69.7 Å². The van der Waals surface area contributed by atoms with Gasteiger partial charge in [0, 0.05) is 0 Å². The summed E-state index contributed by atoms with van der Waals surface area (Å²) in [6.07, 6.45) is -0.868. The molecule has 3 aromatic rings. The summed E-state index contributed by atoms with van der Waals surface area (Å²) in [7, 11) is -3.62. The lowest BCUT2D eigenvalue weighted by Gasteiger charge is -2.24. The fourth-order valence-electron chi connectivity index (χ4n) is 2.65. The van der Waals surface area contributed by atoms with Gasteiger partial charge in [0.25, 0.3) is 0 Å². The normalized spacial score (nSPS) is 11.6. The number of benzene rings is 3. The van der Waals surface area contributed by atoms with Crippen molar-refractivity contribution in [1.29, 1.82) is 0 Å². The molecule has 3 aromatic carbocycles. The van der Waals surface area contributed by atoms with Gasteiger partial charge in [-0.1, -0.05) is 48.5 Å². The zero-order chi connectivity index (χ0) is 20.2. The predicted molar refractivity (Wildman–Crippen MR) is 105 cm³/mol. The largest absolute Gasteiger partial charge is 0.514 e. The molecule has 5 nitrogen and oxygen atoms in total. The number of hydrogen-bond donors (Lipinski definition) is 0. The highest BCUT2D eigenvalue weighted by Crippen LogP contribution is 2.26. The van der Waals surface area contributed by atoms with Gasteiger partial charge < -0.3 is 9.47 Å². The van der Waals surface area contributed by atoms with Crippen molar-refractivity contribution in [3.05, 3.63) is 90.5 Å². The standard InChI is InChI=1S/C22H20O5S/c1-22(2,17-9-5-3-6-10-17)27-21(23)26-18-13-15-20(16-14-18)28(24,25)19-11-7-4-8-12-19/h3-16H,1-2H3. The van der Waals surface area contributed by atoms with Gasteiger partial charge in [-0.2, -0.15) is 0 Å². The Morgan fingerprint density at radius 1 is 0.750 bits per heavy atom. The molecular weight excluding hydrogens is 376 g/mol. The highest BCUT2D eigenvalue weighted by atomic mass is 32.2. The van der Waals surface area contributed by atoms with Crippen LogP contribution in [-0.4, -0.2) is 14.6 Å². The first kappa shape index (κ1) is 19.6. The molecule has 0 fully saturated rings. The molecule has 28 heavy (non-hydrogen) atoms. The molecule has 0 atom stereocenters. The Balaban J connectivity index is 1.70. The summed E-state index contributed by atoms with van der Waals surface area (Å²) < 4.78 is 35.8. The lowest BCUT2D eigenvalue weighted by molar-refractivity contribution is 0.00636. The molecule has 0 bridgehead atoms. The van der Waals surface area contributed by atoms with E-state index in [0.29, 0.717) is 0 Å². The highest BCUT2D eigenvalue weighted by molar-refractivity contribution is 7.91. The van der Waals surface area contributed by atoms with Gasteiger partial charge in [0.05, 0.1) is 9.79 Å². The SMILES string of the molecule is CC(C)(OC(=O)Oc1ccc(S(=O)(=O)c2ccccc2)cc1)c1ccccc1. The van der Waals surface area contributed by atoms with Crippen molar-refractivity contribution >= 4 is 16.0 Å². The molecule has 0 amide bonds. The van der Waals surface area contributed by atoms with E-state index in [2.05, 4.69) is 0 Å². The van der Waals surface area contributed by atoms with Gasteiger partial charge in [-0.05, 0) is 55.8 Å². The maximum atomic E-state index is 12.6. The van der Waals surface area contributed by atoms with Crippen LogP contribution in [0.1, 0.15) is 19.4 Å². The average molecular weight is 396 g/mol. The molecule has 0 radical (unpaired) electrons. The van der Waals surface area contributed by atoms with Crippen molar-refractivity contribution in [1.82, 2.24) is 0 Å². The van der Waals surface area contributed by atoms with E-state index >= 15 is 0 Å². The Hall–Kier alpha value is -3.12. The highest BCUT2D eigenvalue weighted by Gasteiger charge is 2.26. The Kier molecular flexibility index (Phi) is 5.51. The molecule has 0 spiro atoms. The molecular formula is C22H20O5S. The zero-order valence-corrected chi connectivity index (χ0v) is 16.3. The van der Waals surface area contributed by atoms with E-state index in [0.717, 1.165) is 5.56 Å². The fourth-order valence-corrected chi connectivity index (χ4v) is 3.93. The van der Waals surface area contributed by atoms with E-state index in [-0.39, 0.29) is 15.5 Å². The lowest BCUT2D eigenvalue weighted by atomic mass is 9.98. The quantitative estimate of drug-likeness (QED) is 0.450. The molecule has 0 unspecified atom stereocenters. The van der Waals surface area contributed by atoms with E-state index in [9.17, 15) is 13.2 Å². The molecule has 0 saturated heterocycles. The molecule has 0 N–H and O–H groups in total. The molecule has 0 aliphatic rings. The van der Waals surface area contributed by atoms with Gasteiger partial charge in [-0.3, -0.25) is 0 Å². The maximum absolute atomic E-state index is 12.6. The van der Waals surface area contributed by atoms with Crippen LogP contribution in [-0.2, 0) is 20.2 Å². The van der Waals surface area contributed by atoms with E-state index in [4.69, 9.17) is 9.47 Å². The van der Waals surface area contributed by atoms with Gasteiger partial charge in [0.2, 0.25) is 9.84 Å². The third-order valence-electron chi connectivity index (χ3n) is 4.20. The van der Waals surface area contributed by atoms with Crippen LogP contribution < -0.4 is 4.74 Å². The second kappa shape index (κ2) is 7.86. The first-order valence-electron chi connectivity index (χ1n) is 8.65. The van der Waals surface area contributed by atoms with Crippen molar-refractivity contribution in [2.45, 2.75) is 29.2 Å². The van der Waals surface area contributed by atoms with Crippen LogP contribution in [0.3, 0.4) is 0 Å². The minimum absolute atomic E-state index is 0.115. The number of carbonyl (C=O) groups excluding carboxylic acids is 1. The maximum Gasteiger partial charge on any atom is 0.514 e. The van der Waals surface area contributed by atoms with Crippen LogP contribution >= 0.6 is 0 Å². The molecule has 0 heterocycles. The molecule has 0 aromatic heterocycles. The van der Waals surface area contributed by atoms with E-state index in [1.54, 1.807) is 32.0 Å². The fraction of sp³-hybridized carbons (Fsp3) is 0.136. The summed E-state index contributed by atoms with van der Waals surface area (Å²) in [5.74, 6) is 0.195. The zero-order valence-electron chi connectivity index (χ0n) is 15.5. The summed E-state index contributed by atoms with van der Waals surface area (Å²) in [6, 6.07) is 23.1. The van der Waals surface area contributed by atoms with Crippen LogP contribution in [0, 0.1) is 0 Å². The molecule has 3 rings (SSSR count). The first-order valence-corrected chi connectivity index (χ1v) is 10.1. The summed E-state index contributed by atoms with van der Waals surface area (Å²) in [6.45, 7) is 3.53.